The molecule has 18 heavy (non-hydrogen) atoms. The Morgan fingerprint density at radius 3 is 2.83 bits per heavy atom. The average Bonchev–Trinajstić information content (AvgIpc) is 2.84. The number of carboxylic acids is 1. The molecule has 0 aliphatic carbocycles. The third-order valence-electron chi connectivity index (χ3n) is 2.61. The fourth-order valence-electron chi connectivity index (χ4n) is 1.66. The molecule has 0 aliphatic heterocycles. The predicted octanol–water partition coefficient (Wildman–Crippen LogP) is 3.38. The molecule has 0 saturated carbocycles. The molecular weight excluding hydrogens is 248 g/mol. The second-order valence-corrected chi connectivity index (χ2v) is 5.00. The lowest BCUT2D eigenvalue weighted by Crippen LogP contribution is -2.03. The van der Waals surface area contributed by atoms with E-state index < -0.39 is 5.97 Å². The Kier molecular flexibility index (Phi) is 3.99. The Morgan fingerprint density at radius 2 is 2.22 bits per heavy atom. The molecule has 0 atom stereocenters. The van der Waals surface area contributed by atoms with Crippen molar-refractivity contribution in [3.8, 4) is 5.75 Å². The summed E-state index contributed by atoms with van der Waals surface area (Å²) < 4.78 is 5.66. The van der Waals surface area contributed by atoms with Gasteiger partial charge in [0.15, 0.2) is 0 Å². The number of hydrogen-bond acceptors (Lipinski definition) is 3. The number of rotatable bonds is 5. The van der Waals surface area contributed by atoms with Crippen LogP contribution in [0.2, 0.25) is 0 Å². The maximum atomic E-state index is 10.8. The van der Waals surface area contributed by atoms with E-state index in [9.17, 15) is 4.79 Å². The number of carbonyl (C=O) groups is 1. The number of aromatic carboxylic acids is 1. The maximum absolute atomic E-state index is 10.8. The molecule has 0 amide bonds. The molecule has 0 bridgehead atoms. The van der Waals surface area contributed by atoms with Gasteiger partial charge in [-0.15, -0.1) is 11.3 Å². The maximum Gasteiger partial charge on any atom is 0.335 e. The zero-order chi connectivity index (χ0) is 13.0. The van der Waals surface area contributed by atoms with Crippen LogP contribution in [0.15, 0.2) is 35.7 Å². The highest BCUT2D eigenvalue weighted by molar-refractivity contribution is 7.09. The van der Waals surface area contributed by atoms with Crippen molar-refractivity contribution < 1.29 is 14.6 Å². The fraction of sp³-hybridized carbons (Fsp3) is 0.214. The van der Waals surface area contributed by atoms with Crippen molar-refractivity contribution in [3.63, 3.8) is 0 Å². The Bertz CT molecular complexity index is 532. The molecule has 2 aromatic rings. The zero-order valence-electron chi connectivity index (χ0n) is 10.1. The Labute approximate surface area is 110 Å². The first-order chi connectivity index (χ1) is 8.66. The van der Waals surface area contributed by atoms with Gasteiger partial charge in [-0.05, 0) is 42.1 Å². The first-order valence-electron chi connectivity index (χ1n) is 5.66. The van der Waals surface area contributed by atoms with Gasteiger partial charge in [-0.2, -0.15) is 0 Å². The topological polar surface area (TPSA) is 46.5 Å². The van der Waals surface area contributed by atoms with Gasteiger partial charge < -0.3 is 9.84 Å². The summed E-state index contributed by atoms with van der Waals surface area (Å²) in [6.07, 6.45) is 0.873. The monoisotopic (exact) mass is 262 g/mol. The van der Waals surface area contributed by atoms with Crippen LogP contribution in [0.5, 0.6) is 5.75 Å². The van der Waals surface area contributed by atoms with E-state index in [4.69, 9.17) is 9.84 Å². The van der Waals surface area contributed by atoms with E-state index in [0.717, 1.165) is 17.7 Å². The normalized spacial score (nSPS) is 10.3. The van der Waals surface area contributed by atoms with Gasteiger partial charge in [-0.25, -0.2) is 4.79 Å². The van der Waals surface area contributed by atoms with E-state index >= 15 is 0 Å². The van der Waals surface area contributed by atoms with Crippen LogP contribution in [-0.4, -0.2) is 17.7 Å². The molecule has 0 unspecified atom stereocenters. The minimum absolute atomic E-state index is 0.290. The van der Waals surface area contributed by atoms with Crippen molar-refractivity contribution in [2.24, 2.45) is 0 Å². The van der Waals surface area contributed by atoms with Crippen LogP contribution in [-0.2, 0) is 6.42 Å². The highest BCUT2D eigenvalue weighted by Crippen LogP contribution is 2.20. The van der Waals surface area contributed by atoms with Crippen molar-refractivity contribution in [1.29, 1.82) is 0 Å². The highest BCUT2D eigenvalue weighted by Gasteiger charge is 2.06. The lowest BCUT2D eigenvalue weighted by molar-refractivity contribution is 0.0696. The van der Waals surface area contributed by atoms with Crippen LogP contribution in [0, 0.1) is 6.92 Å². The lowest BCUT2D eigenvalue weighted by Gasteiger charge is -2.09. The van der Waals surface area contributed by atoms with Gasteiger partial charge in [0.25, 0.3) is 0 Å². The van der Waals surface area contributed by atoms with Crippen molar-refractivity contribution in [3.05, 3.63) is 51.7 Å². The summed E-state index contributed by atoms with van der Waals surface area (Å²) in [5.74, 6) is -0.167. The number of benzene rings is 1. The summed E-state index contributed by atoms with van der Waals surface area (Å²) >= 11 is 1.71. The van der Waals surface area contributed by atoms with E-state index in [2.05, 4.69) is 6.07 Å². The number of aryl methyl sites for hydroxylation is 1. The third kappa shape index (κ3) is 3.11. The number of hydrogen-bond donors (Lipinski definition) is 1. The number of ether oxygens (including phenoxy) is 1. The second kappa shape index (κ2) is 5.69. The molecule has 1 heterocycles. The Balaban J connectivity index is 1.95. The molecule has 94 valence electrons. The van der Waals surface area contributed by atoms with Gasteiger partial charge in [0, 0.05) is 11.3 Å². The van der Waals surface area contributed by atoms with E-state index in [1.807, 2.05) is 18.4 Å². The third-order valence-corrected chi connectivity index (χ3v) is 3.54. The van der Waals surface area contributed by atoms with E-state index in [-0.39, 0.29) is 5.56 Å². The van der Waals surface area contributed by atoms with Crippen LogP contribution >= 0.6 is 11.3 Å². The summed E-state index contributed by atoms with van der Waals surface area (Å²) in [4.78, 5) is 12.1. The van der Waals surface area contributed by atoms with Crippen molar-refractivity contribution in [2.75, 3.05) is 6.61 Å². The standard InChI is InChI=1S/C14H14O3S/c1-10-9-11(14(15)16)4-5-13(10)17-7-6-12-3-2-8-18-12/h2-5,8-9H,6-7H2,1H3,(H,15,16). The summed E-state index contributed by atoms with van der Waals surface area (Å²) in [6, 6.07) is 9.01. The lowest BCUT2D eigenvalue weighted by atomic mass is 10.1. The van der Waals surface area contributed by atoms with E-state index in [1.165, 1.54) is 4.88 Å². The molecule has 0 saturated heterocycles. The largest absolute Gasteiger partial charge is 0.493 e. The summed E-state index contributed by atoms with van der Waals surface area (Å²) in [6.45, 7) is 2.46. The molecule has 1 aromatic carbocycles. The number of carboxylic acid groups (broad SMARTS) is 1. The van der Waals surface area contributed by atoms with Gasteiger partial charge in [0.2, 0.25) is 0 Å². The quantitative estimate of drug-likeness (QED) is 0.898. The minimum Gasteiger partial charge on any atom is -0.493 e. The Hall–Kier alpha value is -1.81. The zero-order valence-corrected chi connectivity index (χ0v) is 10.9. The molecule has 0 fully saturated rings. The van der Waals surface area contributed by atoms with Crippen molar-refractivity contribution in [2.45, 2.75) is 13.3 Å². The Morgan fingerprint density at radius 1 is 1.39 bits per heavy atom. The van der Waals surface area contributed by atoms with Crippen LogP contribution < -0.4 is 4.74 Å². The first kappa shape index (κ1) is 12.6. The van der Waals surface area contributed by atoms with Crippen molar-refractivity contribution in [1.82, 2.24) is 0 Å². The second-order valence-electron chi connectivity index (χ2n) is 3.96. The molecular formula is C14H14O3S. The molecule has 2 rings (SSSR count). The summed E-state index contributed by atoms with van der Waals surface area (Å²) in [5, 5.41) is 10.9. The predicted molar refractivity (Wildman–Crippen MR) is 71.7 cm³/mol. The molecule has 0 radical (unpaired) electrons. The number of thiophene rings is 1. The minimum atomic E-state index is -0.914. The van der Waals surface area contributed by atoms with Crippen LogP contribution in [0.25, 0.3) is 0 Å². The van der Waals surface area contributed by atoms with Gasteiger partial charge in [0.05, 0.1) is 12.2 Å². The molecule has 3 nitrogen and oxygen atoms in total. The van der Waals surface area contributed by atoms with Crippen LogP contribution in [0.1, 0.15) is 20.8 Å². The van der Waals surface area contributed by atoms with Crippen molar-refractivity contribution >= 4 is 17.3 Å². The van der Waals surface area contributed by atoms with Crippen LogP contribution in [0.3, 0.4) is 0 Å². The van der Waals surface area contributed by atoms with E-state index in [0.29, 0.717) is 6.61 Å². The summed E-state index contributed by atoms with van der Waals surface area (Å²) in [7, 11) is 0. The highest BCUT2D eigenvalue weighted by atomic mass is 32.1. The van der Waals surface area contributed by atoms with E-state index in [1.54, 1.807) is 29.5 Å². The van der Waals surface area contributed by atoms with Gasteiger partial charge in [-0.1, -0.05) is 6.07 Å². The van der Waals surface area contributed by atoms with Gasteiger partial charge >= 0.3 is 5.97 Å². The molecule has 1 aromatic heterocycles. The van der Waals surface area contributed by atoms with Gasteiger partial charge in [-0.3, -0.25) is 0 Å². The van der Waals surface area contributed by atoms with Crippen LogP contribution in [0.4, 0.5) is 0 Å². The molecule has 0 spiro atoms. The summed E-state index contributed by atoms with van der Waals surface area (Å²) in [5.41, 5.74) is 1.14. The first-order valence-corrected chi connectivity index (χ1v) is 6.54. The van der Waals surface area contributed by atoms with Gasteiger partial charge in [0.1, 0.15) is 5.75 Å². The average molecular weight is 262 g/mol. The smallest absolute Gasteiger partial charge is 0.335 e. The fourth-order valence-corrected chi connectivity index (χ4v) is 2.35. The molecule has 0 aliphatic rings. The molecule has 4 heteroatoms. The SMILES string of the molecule is Cc1cc(C(=O)O)ccc1OCCc1cccs1. The molecule has 1 N–H and O–H groups in total.